The molecule has 1 N–H and O–H groups in total. The average Bonchev–Trinajstić information content (AvgIpc) is 2.77. The summed E-state index contributed by atoms with van der Waals surface area (Å²) in [6.07, 6.45) is 0. The van der Waals surface area contributed by atoms with Crippen molar-refractivity contribution >= 4 is 30.7 Å². The Labute approximate surface area is 123 Å². The van der Waals surface area contributed by atoms with Gasteiger partial charge in [0.25, 0.3) is 16.3 Å². The SMILES string of the molecule is CC(C)S(=O)(=O)NC1COCC1c1cc[c]([AlH2])cc1. The minimum atomic E-state index is -3.25. The zero-order chi connectivity index (χ0) is 14.0. The van der Waals surface area contributed by atoms with E-state index < -0.39 is 15.3 Å². The monoisotopic (exact) mass is 297 g/mol. The van der Waals surface area contributed by atoms with Crippen molar-refractivity contribution in [1.82, 2.24) is 4.72 Å². The van der Waals surface area contributed by atoms with E-state index in [4.69, 9.17) is 4.74 Å². The van der Waals surface area contributed by atoms with Crippen LogP contribution in [0.4, 0.5) is 0 Å². The fraction of sp³-hybridized carbons (Fsp3) is 0.538. The Hall–Kier alpha value is -0.378. The standard InChI is InChI=1S/C13H18NO3S.Al.2H/c1-10(2)18(15,16)14-13-9-17-8-12(13)11-6-4-3-5-7-11;;;/h4-7,10,12-14H,8-9H2,1-2H3;;;. The minimum Gasteiger partial charge on any atom is -0.379 e. The maximum absolute atomic E-state index is 12.0. The molecule has 0 spiro atoms. The van der Waals surface area contributed by atoms with E-state index in [1.807, 2.05) is 0 Å². The molecule has 1 heterocycles. The summed E-state index contributed by atoms with van der Waals surface area (Å²) >= 11 is 1.03. The minimum absolute atomic E-state index is 0.107. The maximum Gasteiger partial charge on any atom is 0.258 e. The van der Waals surface area contributed by atoms with Crippen LogP contribution in [-0.2, 0) is 14.8 Å². The molecule has 1 aliphatic rings. The second kappa shape index (κ2) is 5.94. The van der Waals surface area contributed by atoms with Crippen LogP contribution in [0.3, 0.4) is 0 Å². The maximum atomic E-state index is 12.0. The molecule has 1 aromatic carbocycles. The third-order valence-corrected chi connectivity index (χ3v) is 6.06. The first-order valence-electron chi connectivity index (χ1n) is 6.55. The van der Waals surface area contributed by atoms with E-state index in [1.165, 1.54) is 4.43 Å². The quantitative estimate of drug-likeness (QED) is 0.780. The fourth-order valence-electron chi connectivity index (χ4n) is 2.16. The molecule has 0 bridgehead atoms. The third kappa shape index (κ3) is 3.59. The molecular weight excluding hydrogens is 277 g/mol. The fourth-order valence-corrected chi connectivity index (χ4v) is 3.42. The number of hydrogen-bond donors (Lipinski definition) is 1. The Morgan fingerprint density at radius 1 is 1.26 bits per heavy atom. The summed E-state index contributed by atoms with van der Waals surface area (Å²) in [5, 5.41) is -0.419. The van der Waals surface area contributed by atoms with Crippen molar-refractivity contribution in [2.24, 2.45) is 0 Å². The van der Waals surface area contributed by atoms with Gasteiger partial charge in [-0.05, 0) is 19.4 Å². The summed E-state index contributed by atoms with van der Waals surface area (Å²) in [5.74, 6) is 0.107. The normalized spacial score (nSPS) is 23.9. The Bertz CT molecular complexity index is 527. The molecule has 19 heavy (non-hydrogen) atoms. The topological polar surface area (TPSA) is 55.4 Å². The molecule has 2 rings (SSSR count). The molecule has 1 saturated heterocycles. The van der Waals surface area contributed by atoms with E-state index in [0.29, 0.717) is 13.2 Å². The van der Waals surface area contributed by atoms with Crippen LogP contribution in [0.2, 0.25) is 0 Å². The summed E-state index contributed by atoms with van der Waals surface area (Å²) < 4.78 is 33.5. The van der Waals surface area contributed by atoms with Crippen molar-refractivity contribution in [3.05, 3.63) is 29.8 Å². The van der Waals surface area contributed by atoms with Crippen molar-refractivity contribution in [3.8, 4) is 0 Å². The second-order valence-corrected chi connectivity index (χ2v) is 8.80. The summed E-state index contributed by atoms with van der Waals surface area (Å²) in [6.45, 7) is 4.39. The van der Waals surface area contributed by atoms with Gasteiger partial charge in [0.1, 0.15) is 0 Å². The van der Waals surface area contributed by atoms with Crippen molar-refractivity contribution in [3.63, 3.8) is 0 Å². The highest BCUT2D eigenvalue weighted by atomic mass is 32.2. The van der Waals surface area contributed by atoms with Crippen LogP contribution in [0.5, 0.6) is 0 Å². The first-order chi connectivity index (χ1) is 8.90. The Balaban J connectivity index is 2.15. The average molecular weight is 297 g/mol. The van der Waals surface area contributed by atoms with Crippen LogP contribution in [-0.4, -0.2) is 49.2 Å². The number of rotatable bonds is 4. The van der Waals surface area contributed by atoms with Gasteiger partial charge in [-0.3, -0.25) is 0 Å². The smallest absolute Gasteiger partial charge is 0.258 e. The van der Waals surface area contributed by atoms with E-state index in [2.05, 4.69) is 29.0 Å². The van der Waals surface area contributed by atoms with Gasteiger partial charge in [-0.25, -0.2) is 13.1 Å². The van der Waals surface area contributed by atoms with Gasteiger partial charge in [0.2, 0.25) is 10.0 Å². The van der Waals surface area contributed by atoms with Gasteiger partial charge in [0.15, 0.2) is 0 Å². The number of nitrogens with one attached hydrogen (secondary N) is 1. The van der Waals surface area contributed by atoms with Gasteiger partial charge in [0.05, 0.1) is 24.5 Å². The molecule has 0 radical (unpaired) electrons. The van der Waals surface area contributed by atoms with Crippen LogP contribution in [0, 0.1) is 0 Å². The molecule has 2 atom stereocenters. The van der Waals surface area contributed by atoms with Gasteiger partial charge in [-0.2, -0.15) is 0 Å². The van der Waals surface area contributed by atoms with Gasteiger partial charge < -0.3 is 4.74 Å². The molecule has 0 aliphatic carbocycles. The van der Waals surface area contributed by atoms with Gasteiger partial charge >= 0.3 is 0 Å². The molecule has 0 aromatic heterocycles. The molecule has 2 unspecified atom stereocenters. The predicted molar refractivity (Wildman–Crippen MR) is 79.2 cm³/mol. The first-order valence-corrected chi connectivity index (χ1v) is 9.10. The molecule has 1 fully saturated rings. The van der Waals surface area contributed by atoms with E-state index in [0.717, 1.165) is 21.9 Å². The van der Waals surface area contributed by atoms with Gasteiger partial charge in [-0.1, -0.05) is 24.3 Å². The Morgan fingerprint density at radius 3 is 2.47 bits per heavy atom. The van der Waals surface area contributed by atoms with Gasteiger partial charge in [0, 0.05) is 5.92 Å². The Morgan fingerprint density at radius 2 is 1.89 bits per heavy atom. The lowest BCUT2D eigenvalue weighted by Gasteiger charge is -2.21. The molecule has 0 saturated carbocycles. The van der Waals surface area contributed by atoms with E-state index in [1.54, 1.807) is 13.8 Å². The summed E-state index contributed by atoms with van der Waals surface area (Å²) in [7, 11) is -3.25. The molecule has 104 valence electrons. The van der Waals surface area contributed by atoms with Crippen molar-refractivity contribution in [2.45, 2.75) is 31.1 Å². The molecule has 1 aromatic rings. The highest BCUT2D eigenvalue weighted by Crippen LogP contribution is 2.26. The molecule has 1 aliphatic heterocycles. The zero-order valence-electron chi connectivity index (χ0n) is 11.6. The summed E-state index contributed by atoms with van der Waals surface area (Å²) in [4.78, 5) is 0. The number of benzene rings is 1. The number of ether oxygens (including phenoxy) is 1. The number of sulfonamides is 1. The van der Waals surface area contributed by atoms with E-state index in [9.17, 15) is 8.42 Å². The van der Waals surface area contributed by atoms with Crippen molar-refractivity contribution in [1.29, 1.82) is 0 Å². The van der Waals surface area contributed by atoms with Crippen LogP contribution in [0.1, 0.15) is 25.3 Å². The summed E-state index contributed by atoms with van der Waals surface area (Å²) in [6, 6.07) is 8.21. The molecule has 4 nitrogen and oxygen atoms in total. The molecule has 0 amide bonds. The lowest BCUT2D eigenvalue weighted by atomic mass is 9.95. The van der Waals surface area contributed by atoms with Crippen LogP contribution in [0.15, 0.2) is 24.3 Å². The number of hydrogen-bond acceptors (Lipinski definition) is 3. The molecular formula is C13H20AlNO3S. The Kier molecular flexibility index (Phi) is 4.70. The van der Waals surface area contributed by atoms with E-state index in [-0.39, 0.29) is 12.0 Å². The first kappa shape index (κ1) is 15.0. The highest BCUT2D eigenvalue weighted by molar-refractivity contribution is 7.90. The van der Waals surface area contributed by atoms with Crippen molar-refractivity contribution < 1.29 is 13.2 Å². The highest BCUT2D eigenvalue weighted by Gasteiger charge is 2.33. The second-order valence-electron chi connectivity index (χ2n) is 5.37. The lowest BCUT2D eigenvalue weighted by molar-refractivity contribution is 0.189. The van der Waals surface area contributed by atoms with Crippen LogP contribution in [0.25, 0.3) is 0 Å². The zero-order valence-corrected chi connectivity index (χ0v) is 14.4. The molecule has 6 heteroatoms. The van der Waals surface area contributed by atoms with Crippen LogP contribution >= 0.6 is 0 Å². The predicted octanol–water partition coefficient (Wildman–Crippen LogP) is -0.245. The van der Waals surface area contributed by atoms with Crippen LogP contribution < -0.4 is 9.15 Å². The summed E-state index contributed by atoms with van der Waals surface area (Å²) in [5.41, 5.74) is 1.15. The van der Waals surface area contributed by atoms with Gasteiger partial charge in [-0.15, -0.1) is 4.43 Å². The van der Waals surface area contributed by atoms with E-state index >= 15 is 0 Å². The van der Waals surface area contributed by atoms with Crippen molar-refractivity contribution in [2.75, 3.05) is 13.2 Å². The lowest BCUT2D eigenvalue weighted by Crippen LogP contribution is -2.42. The third-order valence-electron chi connectivity index (χ3n) is 3.52. The largest absolute Gasteiger partial charge is 0.379 e.